The van der Waals surface area contributed by atoms with Crippen LogP contribution in [0.3, 0.4) is 0 Å². The lowest BCUT2D eigenvalue weighted by atomic mass is 10.1. The van der Waals surface area contributed by atoms with Gasteiger partial charge in [-0.3, -0.25) is 19.7 Å². The van der Waals surface area contributed by atoms with E-state index in [1.807, 2.05) is 0 Å². The summed E-state index contributed by atoms with van der Waals surface area (Å²) in [4.78, 5) is 51.9. The number of carbonyl (C=O) groups excluding carboxylic acids is 4. The Morgan fingerprint density at radius 3 is 2.50 bits per heavy atom. The average molecular weight is 647 g/mol. The molecule has 1 saturated heterocycles. The van der Waals surface area contributed by atoms with E-state index in [-0.39, 0.29) is 36.0 Å². The van der Waals surface area contributed by atoms with Gasteiger partial charge in [0.05, 0.1) is 27.5 Å². The van der Waals surface area contributed by atoms with Crippen molar-refractivity contribution in [1.82, 2.24) is 5.32 Å². The fourth-order valence-corrected chi connectivity index (χ4v) is 4.77. The van der Waals surface area contributed by atoms with Gasteiger partial charge in [0.25, 0.3) is 17.7 Å². The van der Waals surface area contributed by atoms with Gasteiger partial charge in [-0.2, -0.15) is 0 Å². The molecule has 40 heavy (non-hydrogen) atoms. The molecule has 0 aromatic heterocycles. The third-order valence-corrected chi connectivity index (χ3v) is 7.05. The highest BCUT2D eigenvalue weighted by atomic mass is 79.9. The lowest BCUT2D eigenvalue weighted by Crippen LogP contribution is -2.54. The van der Waals surface area contributed by atoms with Gasteiger partial charge in [0.15, 0.2) is 18.1 Å². The number of urea groups is 1. The van der Waals surface area contributed by atoms with Crippen LogP contribution < -0.4 is 25.0 Å². The summed E-state index contributed by atoms with van der Waals surface area (Å²) in [5.74, 6) is -1.61. The maximum Gasteiger partial charge on any atom is 0.335 e. The molecule has 206 valence electrons. The molecule has 1 heterocycles. The molecule has 0 unspecified atom stereocenters. The highest BCUT2D eigenvalue weighted by molar-refractivity contribution is 9.10. The maximum absolute atomic E-state index is 13.3. The van der Waals surface area contributed by atoms with Crippen molar-refractivity contribution < 1.29 is 28.7 Å². The normalized spacial score (nSPS) is 14.3. The third kappa shape index (κ3) is 6.30. The Morgan fingerprint density at radius 2 is 1.77 bits per heavy atom. The van der Waals surface area contributed by atoms with Gasteiger partial charge in [-0.05, 0) is 83.4 Å². The van der Waals surface area contributed by atoms with Crippen LogP contribution >= 0.6 is 39.1 Å². The van der Waals surface area contributed by atoms with Crippen molar-refractivity contribution >= 4 is 80.3 Å². The van der Waals surface area contributed by atoms with E-state index < -0.39 is 23.8 Å². The number of hydrogen-bond donors (Lipinski definition) is 2. The molecule has 0 atom stereocenters. The Hall–Kier alpha value is -3.86. The van der Waals surface area contributed by atoms with Gasteiger partial charge in [-0.15, -0.1) is 0 Å². The van der Waals surface area contributed by atoms with E-state index in [1.54, 1.807) is 68.4 Å². The molecule has 1 aliphatic rings. The van der Waals surface area contributed by atoms with E-state index >= 15 is 0 Å². The number of rotatable bonds is 8. The average Bonchev–Trinajstić information content (AvgIpc) is 2.90. The molecule has 3 aromatic rings. The lowest BCUT2D eigenvalue weighted by Gasteiger charge is -2.27. The molecular formula is C28H22BrCl2N3O6. The van der Waals surface area contributed by atoms with Crippen molar-refractivity contribution in [2.45, 2.75) is 13.8 Å². The monoisotopic (exact) mass is 645 g/mol. The smallest absolute Gasteiger partial charge is 0.335 e. The number of nitrogens with zero attached hydrogens (tertiary/aromatic N) is 1. The van der Waals surface area contributed by atoms with Crippen LogP contribution in [0.5, 0.6) is 11.5 Å². The molecule has 0 radical (unpaired) electrons. The van der Waals surface area contributed by atoms with Gasteiger partial charge in [-0.25, -0.2) is 9.69 Å². The largest absolute Gasteiger partial charge is 0.490 e. The molecule has 1 fully saturated rings. The maximum atomic E-state index is 13.3. The van der Waals surface area contributed by atoms with Crippen LogP contribution in [0.1, 0.15) is 18.1 Å². The minimum Gasteiger partial charge on any atom is -0.490 e. The Bertz CT molecular complexity index is 1560. The summed E-state index contributed by atoms with van der Waals surface area (Å²) in [7, 11) is 0. The van der Waals surface area contributed by atoms with Crippen molar-refractivity contribution in [3.63, 3.8) is 0 Å². The van der Waals surface area contributed by atoms with Gasteiger partial charge in [-0.1, -0.05) is 41.4 Å². The molecule has 0 aliphatic carbocycles. The van der Waals surface area contributed by atoms with E-state index in [1.165, 1.54) is 6.08 Å². The highest BCUT2D eigenvalue weighted by Crippen LogP contribution is 2.38. The zero-order valence-corrected chi connectivity index (χ0v) is 24.3. The van der Waals surface area contributed by atoms with Crippen LogP contribution in [0.15, 0.2) is 64.6 Å². The van der Waals surface area contributed by atoms with Crippen LogP contribution in [0.2, 0.25) is 10.0 Å². The number of halogens is 3. The molecule has 3 aromatic carbocycles. The SMILES string of the molecule is CCOc1cc(/C=C2/C(=O)NC(=O)N(c3cccc(Cl)c3C)C2=O)cc(Br)c1OCC(=O)Nc1ccccc1Cl. The van der Waals surface area contributed by atoms with Gasteiger partial charge < -0.3 is 14.8 Å². The zero-order valence-electron chi connectivity index (χ0n) is 21.2. The quantitative estimate of drug-likeness (QED) is 0.224. The van der Waals surface area contributed by atoms with Crippen LogP contribution in [0, 0.1) is 6.92 Å². The van der Waals surface area contributed by atoms with Crippen molar-refractivity contribution in [2.24, 2.45) is 0 Å². The minimum atomic E-state index is -0.882. The first kappa shape index (κ1) is 29.1. The van der Waals surface area contributed by atoms with E-state index in [9.17, 15) is 19.2 Å². The van der Waals surface area contributed by atoms with Crippen molar-refractivity contribution in [1.29, 1.82) is 0 Å². The first-order valence-electron chi connectivity index (χ1n) is 11.9. The summed E-state index contributed by atoms with van der Waals surface area (Å²) in [5, 5.41) is 5.61. The second-order valence-electron chi connectivity index (χ2n) is 8.42. The second-order valence-corrected chi connectivity index (χ2v) is 10.1. The fraction of sp³-hybridized carbons (Fsp3) is 0.143. The summed E-state index contributed by atoms with van der Waals surface area (Å²) >= 11 is 15.7. The van der Waals surface area contributed by atoms with Crippen LogP contribution in [0.4, 0.5) is 16.2 Å². The van der Waals surface area contributed by atoms with Crippen LogP contribution in [0.25, 0.3) is 6.08 Å². The lowest BCUT2D eigenvalue weighted by molar-refractivity contribution is -0.122. The number of para-hydroxylation sites is 1. The predicted molar refractivity (Wildman–Crippen MR) is 156 cm³/mol. The number of ether oxygens (including phenoxy) is 2. The van der Waals surface area contributed by atoms with Gasteiger partial charge >= 0.3 is 6.03 Å². The summed E-state index contributed by atoms with van der Waals surface area (Å²) < 4.78 is 11.8. The summed E-state index contributed by atoms with van der Waals surface area (Å²) in [5.41, 5.74) is 1.32. The Labute approximate surface area is 248 Å². The Kier molecular flexibility index (Phi) is 9.14. The van der Waals surface area contributed by atoms with Crippen molar-refractivity contribution in [3.8, 4) is 11.5 Å². The Morgan fingerprint density at radius 1 is 1.05 bits per heavy atom. The standard InChI is InChI=1S/C28H22BrCl2N3O6/c1-3-39-23-13-16(12-18(29)25(23)40-14-24(35)32-21-9-5-4-7-20(21)31)11-17-26(36)33-28(38)34(27(17)37)22-10-6-8-19(30)15(22)2/h4-13H,3,14H2,1-2H3,(H,32,35)(H,33,36,38)/b17-11-. The second kappa shape index (κ2) is 12.5. The number of benzene rings is 3. The van der Waals surface area contributed by atoms with Gasteiger partial charge in [0.1, 0.15) is 5.57 Å². The van der Waals surface area contributed by atoms with Gasteiger partial charge in [0.2, 0.25) is 0 Å². The fourth-order valence-electron chi connectivity index (χ4n) is 3.84. The van der Waals surface area contributed by atoms with Crippen LogP contribution in [-0.4, -0.2) is 37.0 Å². The highest BCUT2D eigenvalue weighted by Gasteiger charge is 2.37. The van der Waals surface area contributed by atoms with E-state index in [0.29, 0.717) is 31.3 Å². The number of barbiturate groups is 1. The molecule has 5 amide bonds. The number of nitrogens with one attached hydrogen (secondary N) is 2. The molecule has 9 nitrogen and oxygen atoms in total. The Balaban J connectivity index is 1.61. The zero-order chi connectivity index (χ0) is 29.0. The van der Waals surface area contributed by atoms with E-state index in [2.05, 4.69) is 26.6 Å². The molecule has 1 aliphatic heterocycles. The summed E-state index contributed by atoms with van der Waals surface area (Å²) in [6.45, 7) is 3.35. The molecule has 4 rings (SSSR count). The molecule has 0 saturated carbocycles. The molecule has 0 bridgehead atoms. The van der Waals surface area contributed by atoms with Crippen molar-refractivity contribution in [3.05, 3.63) is 85.8 Å². The van der Waals surface area contributed by atoms with Crippen molar-refractivity contribution in [2.75, 3.05) is 23.4 Å². The van der Waals surface area contributed by atoms with E-state index in [4.69, 9.17) is 32.7 Å². The molecule has 12 heteroatoms. The molecule has 0 spiro atoms. The number of carbonyl (C=O) groups is 4. The first-order valence-corrected chi connectivity index (χ1v) is 13.5. The molecule has 2 N–H and O–H groups in total. The third-order valence-electron chi connectivity index (χ3n) is 5.72. The number of anilines is 2. The first-order chi connectivity index (χ1) is 19.1. The number of amides is 5. The summed E-state index contributed by atoms with van der Waals surface area (Å²) in [6.07, 6.45) is 1.33. The number of hydrogen-bond acceptors (Lipinski definition) is 6. The number of imide groups is 2. The topological polar surface area (TPSA) is 114 Å². The van der Waals surface area contributed by atoms with Crippen LogP contribution in [-0.2, 0) is 14.4 Å². The van der Waals surface area contributed by atoms with E-state index in [0.717, 1.165) is 4.90 Å². The minimum absolute atomic E-state index is 0.240. The predicted octanol–water partition coefficient (Wildman–Crippen LogP) is 6.15. The summed E-state index contributed by atoms with van der Waals surface area (Å²) in [6, 6.07) is 13.8. The van der Waals surface area contributed by atoms with Gasteiger partial charge in [0, 0.05) is 5.02 Å². The molecular weight excluding hydrogens is 625 g/mol.